The molecular formula is C21H22FNO6. The number of Topliss-reactive ketones (excluding diaryl/α,β-unsaturated/α-hetero) is 1. The lowest BCUT2D eigenvalue weighted by Crippen LogP contribution is -2.30. The number of esters is 1. The fourth-order valence-electron chi connectivity index (χ4n) is 2.45. The van der Waals surface area contributed by atoms with E-state index in [-0.39, 0.29) is 18.6 Å². The highest BCUT2D eigenvalue weighted by Gasteiger charge is 2.20. The Bertz CT molecular complexity index is 881. The number of halogens is 1. The number of hydrogen-bond donors (Lipinski definition) is 1. The number of methoxy groups -OCH3 is 2. The lowest BCUT2D eigenvalue weighted by Gasteiger charge is -2.16. The molecule has 0 aliphatic rings. The van der Waals surface area contributed by atoms with Gasteiger partial charge in [0.1, 0.15) is 17.3 Å². The molecular weight excluding hydrogens is 381 g/mol. The van der Waals surface area contributed by atoms with E-state index in [1.54, 1.807) is 18.2 Å². The second-order valence-electron chi connectivity index (χ2n) is 6.12. The molecule has 2 aromatic carbocycles. The van der Waals surface area contributed by atoms with Gasteiger partial charge in [-0.15, -0.1) is 0 Å². The Balaban J connectivity index is 1.88. The molecule has 2 rings (SSSR count). The Morgan fingerprint density at radius 1 is 1.00 bits per heavy atom. The second kappa shape index (κ2) is 10.2. The molecule has 8 heteroatoms. The van der Waals surface area contributed by atoms with Crippen molar-refractivity contribution in [2.24, 2.45) is 0 Å². The zero-order valence-corrected chi connectivity index (χ0v) is 16.4. The van der Waals surface area contributed by atoms with Crippen molar-refractivity contribution in [2.45, 2.75) is 25.9 Å². The predicted molar refractivity (Wildman–Crippen MR) is 104 cm³/mol. The van der Waals surface area contributed by atoms with Crippen LogP contribution in [0.5, 0.6) is 11.5 Å². The van der Waals surface area contributed by atoms with E-state index in [0.29, 0.717) is 22.7 Å². The summed E-state index contributed by atoms with van der Waals surface area (Å²) >= 11 is 0. The third kappa shape index (κ3) is 6.31. The maximum absolute atomic E-state index is 12.9. The van der Waals surface area contributed by atoms with Gasteiger partial charge in [0.05, 0.1) is 26.3 Å². The smallest absolute Gasteiger partial charge is 0.307 e. The van der Waals surface area contributed by atoms with E-state index in [4.69, 9.17) is 14.2 Å². The van der Waals surface area contributed by atoms with E-state index in [2.05, 4.69) is 5.32 Å². The molecule has 7 nitrogen and oxygen atoms in total. The summed E-state index contributed by atoms with van der Waals surface area (Å²) in [5.74, 6) is -1.09. The first-order valence-corrected chi connectivity index (χ1v) is 8.85. The van der Waals surface area contributed by atoms with Gasteiger partial charge in [0.15, 0.2) is 11.9 Å². The van der Waals surface area contributed by atoms with Crippen LogP contribution in [0.1, 0.15) is 30.1 Å². The van der Waals surface area contributed by atoms with Crippen molar-refractivity contribution >= 4 is 23.3 Å². The standard InChI is InChI=1S/C21H22FNO6/c1-13(21(26)23-17-12-16(27-2)8-10-19(17)28-3)29-20(25)11-9-18(24)14-4-6-15(22)7-5-14/h4-8,10,12-13H,9,11H2,1-3H3,(H,23,26). The summed E-state index contributed by atoms with van der Waals surface area (Å²) in [5.41, 5.74) is 0.668. The largest absolute Gasteiger partial charge is 0.497 e. The molecule has 1 atom stereocenters. The van der Waals surface area contributed by atoms with Gasteiger partial charge < -0.3 is 19.5 Å². The van der Waals surface area contributed by atoms with Crippen molar-refractivity contribution in [3.8, 4) is 11.5 Å². The van der Waals surface area contributed by atoms with E-state index in [9.17, 15) is 18.8 Å². The van der Waals surface area contributed by atoms with Crippen LogP contribution in [0.2, 0.25) is 0 Å². The van der Waals surface area contributed by atoms with E-state index in [1.807, 2.05) is 0 Å². The molecule has 0 radical (unpaired) electrons. The molecule has 0 heterocycles. The molecule has 154 valence electrons. The normalized spacial score (nSPS) is 11.3. The fraction of sp³-hybridized carbons (Fsp3) is 0.286. The SMILES string of the molecule is COc1ccc(OC)c(NC(=O)C(C)OC(=O)CCC(=O)c2ccc(F)cc2)c1. The number of ether oxygens (including phenoxy) is 3. The molecule has 0 saturated carbocycles. The Kier molecular flexibility index (Phi) is 7.70. The Morgan fingerprint density at radius 2 is 1.69 bits per heavy atom. The zero-order valence-electron chi connectivity index (χ0n) is 16.4. The summed E-state index contributed by atoms with van der Waals surface area (Å²) in [5, 5.41) is 2.61. The molecule has 2 aromatic rings. The molecule has 0 aliphatic heterocycles. The summed E-state index contributed by atoms with van der Waals surface area (Å²) in [7, 11) is 2.95. The minimum atomic E-state index is -1.08. The van der Waals surface area contributed by atoms with Crippen LogP contribution in [-0.2, 0) is 14.3 Å². The fourth-order valence-corrected chi connectivity index (χ4v) is 2.45. The predicted octanol–water partition coefficient (Wildman–Crippen LogP) is 3.38. The number of carbonyl (C=O) groups excluding carboxylic acids is 3. The van der Waals surface area contributed by atoms with E-state index in [0.717, 1.165) is 0 Å². The molecule has 1 N–H and O–H groups in total. The van der Waals surface area contributed by atoms with Gasteiger partial charge >= 0.3 is 5.97 Å². The first kappa shape index (κ1) is 21.9. The van der Waals surface area contributed by atoms with Crippen LogP contribution >= 0.6 is 0 Å². The van der Waals surface area contributed by atoms with Crippen molar-refractivity contribution < 1.29 is 33.0 Å². The van der Waals surface area contributed by atoms with Crippen molar-refractivity contribution in [3.05, 3.63) is 53.8 Å². The van der Waals surface area contributed by atoms with Crippen LogP contribution in [-0.4, -0.2) is 38.0 Å². The van der Waals surface area contributed by atoms with Gasteiger partial charge in [-0.05, 0) is 43.3 Å². The monoisotopic (exact) mass is 403 g/mol. The quantitative estimate of drug-likeness (QED) is 0.510. The van der Waals surface area contributed by atoms with Gasteiger partial charge in [-0.3, -0.25) is 14.4 Å². The lowest BCUT2D eigenvalue weighted by atomic mass is 10.1. The van der Waals surface area contributed by atoms with Gasteiger partial charge in [-0.1, -0.05) is 0 Å². The van der Waals surface area contributed by atoms with Crippen LogP contribution in [0.3, 0.4) is 0 Å². The van der Waals surface area contributed by atoms with Gasteiger partial charge in [0.25, 0.3) is 5.91 Å². The molecule has 0 spiro atoms. The highest BCUT2D eigenvalue weighted by Crippen LogP contribution is 2.29. The van der Waals surface area contributed by atoms with Crippen LogP contribution < -0.4 is 14.8 Å². The first-order chi connectivity index (χ1) is 13.8. The third-order valence-corrected chi connectivity index (χ3v) is 4.06. The number of ketones is 1. The minimum absolute atomic E-state index is 0.109. The summed E-state index contributed by atoms with van der Waals surface area (Å²) in [6.45, 7) is 1.42. The van der Waals surface area contributed by atoms with Crippen molar-refractivity contribution in [2.75, 3.05) is 19.5 Å². The Labute approximate surface area is 167 Å². The number of benzene rings is 2. The number of anilines is 1. The molecule has 0 aromatic heterocycles. The highest BCUT2D eigenvalue weighted by molar-refractivity contribution is 5.98. The molecule has 0 fully saturated rings. The Hall–Kier alpha value is -3.42. The van der Waals surface area contributed by atoms with E-state index in [1.165, 1.54) is 45.4 Å². The van der Waals surface area contributed by atoms with Crippen molar-refractivity contribution in [1.29, 1.82) is 0 Å². The van der Waals surface area contributed by atoms with Gasteiger partial charge in [-0.25, -0.2) is 4.39 Å². The average molecular weight is 403 g/mol. The number of amides is 1. The van der Waals surface area contributed by atoms with Gasteiger partial charge in [0.2, 0.25) is 0 Å². The molecule has 0 aliphatic carbocycles. The molecule has 1 unspecified atom stereocenters. The maximum atomic E-state index is 12.9. The van der Waals surface area contributed by atoms with Crippen LogP contribution in [0.15, 0.2) is 42.5 Å². The number of hydrogen-bond acceptors (Lipinski definition) is 6. The van der Waals surface area contributed by atoms with Crippen molar-refractivity contribution in [3.63, 3.8) is 0 Å². The van der Waals surface area contributed by atoms with E-state index < -0.39 is 23.8 Å². The van der Waals surface area contributed by atoms with Crippen molar-refractivity contribution in [1.82, 2.24) is 0 Å². The topological polar surface area (TPSA) is 90.9 Å². The summed E-state index contributed by atoms with van der Waals surface area (Å²) in [6.07, 6.45) is -1.39. The summed E-state index contributed by atoms with van der Waals surface area (Å²) < 4.78 is 28.3. The van der Waals surface area contributed by atoms with Gasteiger partial charge in [-0.2, -0.15) is 0 Å². The van der Waals surface area contributed by atoms with Crippen LogP contribution in [0.25, 0.3) is 0 Å². The number of nitrogens with one attached hydrogen (secondary N) is 1. The minimum Gasteiger partial charge on any atom is -0.497 e. The second-order valence-corrected chi connectivity index (χ2v) is 6.12. The zero-order chi connectivity index (χ0) is 21.4. The third-order valence-electron chi connectivity index (χ3n) is 4.06. The molecule has 0 bridgehead atoms. The lowest BCUT2D eigenvalue weighted by molar-refractivity contribution is -0.153. The van der Waals surface area contributed by atoms with Crippen LogP contribution in [0, 0.1) is 5.82 Å². The molecule has 1 amide bonds. The van der Waals surface area contributed by atoms with E-state index >= 15 is 0 Å². The molecule has 0 saturated heterocycles. The molecule has 29 heavy (non-hydrogen) atoms. The Morgan fingerprint density at radius 3 is 2.31 bits per heavy atom. The van der Waals surface area contributed by atoms with Crippen LogP contribution in [0.4, 0.5) is 10.1 Å². The number of carbonyl (C=O) groups is 3. The summed E-state index contributed by atoms with van der Waals surface area (Å²) in [4.78, 5) is 36.3. The summed E-state index contributed by atoms with van der Waals surface area (Å²) in [6, 6.07) is 9.92. The maximum Gasteiger partial charge on any atom is 0.307 e. The average Bonchev–Trinajstić information content (AvgIpc) is 2.72. The first-order valence-electron chi connectivity index (χ1n) is 8.85. The number of rotatable bonds is 9. The van der Waals surface area contributed by atoms with Gasteiger partial charge in [0, 0.05) is 18.1 Å². The highest BCUT2D eigenvalue weighted by atomic mass is 19.1.